The van der Waals surface area contributed by atoms with Gasteiger partial charge < -0.3 is 5.11 Å². The first kappa shape index (κ1) is 19.1. The summed E-state index contributed by atoms with van der Waals surface area (Å²) in [5.74, 6) is -1.43. The molecule has 0 saturated carbocycles. The molecule has 1 unspecified atom stereocenters. The van der Waals surface area contributed by atoms with Gasteiger partial charge in [0.1, 0.15) is 5.83 Å². The molecule has 1 atom stereocenters. The fraction of sp³-hybridized carbons (Fsp3) is 0.182. The third-order valence-corrected chi connectivity index (χ3v) is 4.29. The minimum atomic E-state index is -1.09. The summed E-state index contributed by atoms with van der Waals surface area (Å²) in [4.78, 5) is 11.3. The van der Waals surface area contributed by atoms with E-state index in [1.807, 2.05) is 19.9 Å². The Labute approximate surface area is 152 Å². The van der Waals surface area contributed by atoms with Crippen LogP contribution in [-0.2, 0) is 0 Å². The number of rotatable bonds is 6. The van der Waals surface area contributed by atoms with E-state index in [-0.39, 0.29) is 11.5 Å². The van der Waals surface area contributed by atoms with Crippen LogP contribution in [-0.4, -0.2) is 11.1 Å². The number of nitriles is 1. The minimum absolute atomic E-state index is 0.0603. The molecule has 0 bridgehead atoms. The Bertz CT molecular complexity index is 905. The standard InChI is InChI=1S/C22H20FNO2/c1-4-14(2)11-21(23)19-10-9-18(22(25)26)12-20(19)15(3)17-7-5-16(13-24)6-8-17/h5-12,14H,3-4H2,1-2H3,(H,25,26)/b21-11+. The lowest BCUT2D eigenvalue weighted by atomic mass is 9.91. The van der Waals surface area contributed by atoms with Gasteiger partial charge >= 0.3 is 5.97 Å². The Kier molecular flexibility index (Phi) is 6.08. The second kappa shape index (κ2) is 8.26. The highest BCUT2D eigenvalue weighted by Crippen LogP contribution is 2.32. The first-order valence-corrected chi connectivity index (χ1v) is 8.32. The molecule has 3 nitrogen and oxygen atoms in total. The van der Waals surface area contributed by atoms with Crippen molar-refractivity contribution in [1.29, 1.82) is 5.26 Å². The van der Waals surface area contributed by atoms with Gasteiger partial charge in [0, 0.05) is 5.56 Å². The molecule has 0 aliphatic rings. The van der Waals surface area contributed by atoms with Gasteiger partial charge in [-0.25, -0.2) is 9.18 Å². The molecule has 2 aromatic rings. The smallest absolute Gasteiger partial charge is 0.335 e. The number of carbonyl (C=O) groups is 1. The van der Waals surface area contributed by atoms with Gasteiger partial charge in [-0.1, -0.05) is 38.6 Å². The van der Waals surface area contributed by atoms with E-state index in [0.717, 1.165) is 6.42 Å². The van der Waals surface area contributed by atoms with Gasteiger partial charge in [-0.3, -0.25) is 0 Å². The Hall–Kier alpha value is -3.19. The Balaban J connectivity index is 2.57. The Morgan fingerprint density at radius 3 is 2.38 bits per heavy atom. The van der Waals surface area contributed by atoms with Crippen LogP contribution in [0.25, 0.3) is 11.4 Å². The first-order valence-electron chi connectivity index (χ1n) is 8.32. The van der Waals surface area contributed by atoms with E-state index in [4.69, 9.17) is 5.26 Å². The van der Waals surface area contributed by atoms with Gasteiger partial charge in [-0.15, -0.1) is 0 Å². The number of benzene rings is 2. The van der Waals surface area contributed by atoms with Crippen molar-refractivity contribution in [1.82, 2.24) is 0 Å². The predicted molar refractivity (Wildman–Crippen MR) is 101 cm³/mol. The van der Waals surface area contributed by atoms with Gasteiger partial charge in [0.15, 0.2) is 0 Å². The predicted octanol–water partition coefficient (Wildman–Crippen LogP) is 5.67. The highest BCUT2D eigenvalue weighted by atomic mass is 19.1. The van der Waals surface area contributed by atoms with E-state index in [1.165, 1.54) is 24.3 Å². The Morgan fingerprint density at radius 2 is 1.85 bits per heavy atom. The van der Waals surface area contributed by atoms with Crippen LogP contribution in [0.15, 0.2) is 55.1 Å². The van der Waals surface area contributed by atoms with Crippen molar-refractivity contribution in [2.45, 2.75) is 20.3 Å². The van der Waals surface area contributed by atoms with Gasteiger partial charge in [-0.2, -0.15) is 5.26 Å². The lowest BCUT2D eigenvalue weighted by Crippen LogP contribution is -2.01. The summed E-state index contributed by atoms with van der Waals surface area (Å²) in [5, 5.41) is 18.2. The third-order valence-electron chi connectivity index (χ3n) is 4.29. The van der Waals surface area contributed by atoms with Crippen molar-refractivity contribution in [3.8, 4) is 6.07 Å². The van der Waals surface area contributed by atoms with E-state index >= 15 is 0 Å². The molecule has 26 heavy (non-hydrogen) atoms. The van der Waals surface area contributed by atoms with E-state index in [1.54, 1.807) is 24.3 Å². The van der Waals surface area contributed by atoms with Crippen LogP contribution < -0.4 is 0 Å². The number of hydrogen-bond donors (Lipinski definition) is 1. The summed E-state index contributed by atoms with van der Waals surface area (Å²) >= 11 is 0. The summed E-state index contributed by atoms with van der Waals surface area (Å²) in [6.45, 7) is 7.91. The Morgan fingerprint density at radius 1 is 1.23 bits per heavy atom. The summed E-state index contributed by atoms with van der Waals surface area (Å²) in [6.07, 6.45) is 2.33. The van der Waals surface area contributed by atoms with Gasteiger partial charge in [0.2, 0.25) is 0 Å². The van der Waals surface area contributed by atoms with Crippen molar-refractivity contribution in [3.63, 3.8) is 0 Å². The normalized spacial score (nSPS) is 12.3. The molecule has 0 heterocycles. The monoisotopic (exact) mass is 349 g/mol. The largest absolute Gasteiger partial charge is 0.478 e. The zero-order valence-electron chi connectivity index (χ0n) is 14.8. The fourth-order valence-electron chi connectivity index (χ4n) is 2.49. The molecule has 0 fully saturated rings. The molecular weight excluding hydrogens is 329 g/mol. The molecule has 0 saturated heterocycles. The van der Waals surface area contributed by atoms with E-state index in [0.29, 0.717) is 27.8 Å². The summed E-state index contributed by atoms with van der Waals surface area (Å²) in [5.41, 5.74) is 2.50. The summed E-state index contributed by atoms with van der Waals surface area (Å²) in [6, 6.07) is 13.1. The van der Waals surface area contributed by atoms with Crippen LogP contribution in [0.5, 0.6) is 0 Å². The quantitative estimate of drug-likeness (QED) is 0.730. The lowest BCUT2D eigenvalue weighted by Gasteiger charge is -2.13. The zero-order chi connectivity index (χ0) is 19.3. The maximum absolute atomic E-state index is 14.8. The molecule has 0 aromatic heterocycles. The van der Waals surface area contributed by atoms with Crippen molar-refractivity contribution < 1.29 is 14.3 Å². The number of allylic oxidation sites excluding steroid dienone is 1. The van der Waals surface area contributed by atoms with E-state index in [9.17, 15) is 14.3 Å². The third kappa shape index (κ3) is 4.25. The maximum atomic E-state index is 14.8. The van der Waals surface area contributed by atoms with Crippen LogP contribution in [0, 0.1) is 17.2 Å². The molecule has 2 aromatic carbocycles. The molecular formula is C22H20FNO2. The highest BCUT2D eigenvalue weighted by molar-refractivity contribution is 5.92. The molecule has 0 aliphatic carbocycles. The average molecular weight is 349 g/mol. The molecule has 1 N–H and O–H groups in total. The second-order valence-electron chi connectivity index (χ2n) is 6.13. The van der Waals surface area contributed by atoms with Crippen molar-refractivity contribution in [2.75, 3.05) is 0 Å². The molecule has 0 amide bonds. The van der Waals surface area contributed by atoms with Gasteiger partial charge in [0.25, 0.3) is 0 Å². The number of carboxylic acids is 1. The summed E-state index contributed by atoms with van der Waals surface area (Å²) in [7, 11) is 0. The zero-order valence-corrected chi connectivity index (χ0v) is 14.8. The van der Waals surface area contributed by atoms with Crippen LogP contribution in [0.3, 0.4) is 0 Å². The number of nitrogens with zero attached hydrogens (tertiary/aromatic N) is 1. The van der Waals surface area contributed by atoms with E-state index in [2.05, 4.69) is 6.58 Å². The molecule has 132 valence electrons. The topological polar surface area (TPSA) is 61.1 Å². The minimum Gasteiger partial charge on any atom is -0.478 e. The van der Waals surface area contributed by atoms with Crippen LogP contribution in [0.4, 0.5) is 4.39 Å². The lowest BCUT2D eigenvalue weighted by molar-refractivity contribution is 0.0697. The number of carboxylic acid groups (broad SMARTS) is 1. The van der Waals surface area contributed by atoms with Crippen molar-refractivity contribution >= 4 is 17.4 Å². The average Bonchev–Trinajstić information content (AvgIpc) is 2.66. The molecule has 0 aliphatic heterocycles. The van der Waals surface area contributed by atoms with Gasteiger partial charge in [-0.05, 0) is 59.4 Å². The van der Waals surface area contributed by atoms with Crippen LogP contribution in [0.1, 0.15) is 52.9 Å². The fourth-order valence-corrected chi connectivity index (χ4v) is 2.49. The second-order valence-corrected chi connectivity index (χ2v) is 6.13. The van der Waals surface area contributed by atoms with Crippen molar-refractivity contribution in [3.05, 3.63) is 82.9 Å². The molecule has 0 spiro atoms. The van der Waals surface area contributed by atoms with Crippen LogP contribution in [0.2, 0.25) is 0 Å². The molecule has 4 heteroatoms. The summed E-state index contributed by atoms with van der Waals surface area (Å²) < 4.78 is 14.8. The highest BCUT2D eigenvalue weighted by Gasteiger charge is 2.16. The number of hydrogen-bond acceptors (Lipinski definition) is 2. The number of halogens is 1. The van der Waals surface area contributed by atoms with Crippen LogP contribution >= 0.6 is 0 Å². The maximum Gasteiger partial charge on any atom is 0.335 e. The SMILES string of the molecule is C=C(c1ccc(C#N)cc1)c1cc(C(=O)O)ccc1/C(F)=C\C(C)CC. The number of aromatic carboxylic acids is 1. The molecule has 0 radical (unpaired) electrons. The first-order chi connectivity index (χ1) is 12.4. The van der Waals surface area contributed by atoms with Gasteiger partial charge in [0.05, 0.1) is 17.2 Å². The molecule has 2 rings (SSSR count). The van der Waals surface area contributed by atoms with E-state index < -0.39 is 11.8 Å². The van der Waals surface area contributed by atoms with Crippen molar-refractivity contribution in [2.24, 2.45) is 5.92 Å².